The van der Waals surface area contributed by atoms with Crippen LogP contribution >= 0.6 is 0 Å². The molecule has 0 heterocycles. The Balaban J connectivity index is 2.04. The first-order valence-corrected chi connectivity index (χ1v) is 4.28. The summed E-state index contributed by atoms with van der Waals surface area (Å²) in [6.07, 6.45) is -4.54. The van der Waals surface area contributed by atoms with Crippen LogP contribution in [0.4, 0.5) is 13.2 Å². The lowest BCUT2D eigenvalue weighted by Gasteiger charge is -2.71. The Bertz CT molecular complexity index is 280. The van der Waals surface area contributed by atoms with Gasteiger partial charge in [-0.2, -0.15) is 13.2 Å². The van der Waals surface area contributed by atoms with Gasteiger partial charge in [-0.25, -0.2) is 0 Å². The molecule has 2 bridgehead atoms. The van der Waals surface area contributed by atoms with Crippen molar-refractivity contribution in [1.82, 2.24) is 0 Å². The second-order valence-corrected chi connectivity index (χ2v) is 4.49. The van der Waals surface area contributed by atoms with Crippen LogP contribution in [0.2, 0.25) is 0 Å². The summed E-state index contributed by atoms with van der Waals surface area (Å²) in [5.41, 5.74) is 2.94. The predicted molar refractivity (Wildman–Crippen MR) is 40.4 cm³/mol. The van der Waals surface area contributed by atoms with E-state index in [1.807, 2.05) is 0 Å². The van der Waals surface area contributed by atoms with Gasteiger partial charge in [0, 0.05) is 0 Å². The minimum absolute atomic E-state index is 0.114. The number of hydrogen-bond donors (Lipinski definition) is 2. The summed E-state index contributed by atoms with van der Waals surface area (Å²) in [4.78, 5) is 10.5. The molecule has 0 radical (unpaired) electrons. The molecule has 6 heteroatoms. The quantitative estimate of drug-likeness (QED) is 0.716. The van der Waals surface area contributed by atoms with Crippen LogP contribution in [0.3, 0.4) is 0 Å². The second kappa shape index (κ2) is 2.24. The highest BCUT2D eigenvalue weighted by Gasteiger charge is 2.80. The van der Waals surface area contributed by atoms with E-state index in [0.29, 0.717) is 0 Å². The molecule has 3 aliphatic carbocycles. The third-order valence-corrected chi connectivity index (χ3v) is 3.60. The van der Waals surface area contributed by atoms with Crippen molar-refractivity contribution in [2.75, 3.05) is 0 Å². The maximum atomic E-state index is 12.4. The van der Waals surface area contributed by atoms with Crippen molar-refractivity contribution in [2.45, 2.75) is 31.5 Å². The van der Waals surface area contributed by atoms with E-state index in [4.69, 9.17) is 10.8 Å². The van der Waals surface area contributed by atoms with Crippen LogP contribution in [0.1, 0.15) is 19.3 Å². The Morgan fingerprint density at radius 1 is 1.36 bits per heavy atom. The van der Waals surface area contributed by atoms with E-state index in [1.165, 1.54) is 0 Å². The zero-order chi connectivity index (χ0) is 10.8. The number of carboxylic acids is 1. The van der Waals surface area contributed by atoms with E-state index in [1.54, 1.807) is 0 Å². The van der Waals surface area contributed by atoms with Crippen molar-refractivity contribution in [1.29, 1.82) is 0 Å². The van der Waals surface area contributed by atoms with Gasteiger partial charge in [0.1, 0.15) is 6.04 Å². The van der Waals surface area contributed by atoms with Gasteiger partial charge in [0.2, 0.25) is 0 Å². The lowest BCUT2D eigenvalue weighted by molar-refractivity contribution is -0.366. The standard InChI is InChI=1S/C8H10F3NO2/c9-8(10,11)7-1-6(2-7,3-7)4(12)5(13)14/h4H,1-3,12H2,(H,13,14)/t4-,6?,7?/m0/s1. The highest BCUT2D eigenvalue weighted by molar-refractivity contribution is 5.75. The second-order valence-electron chi connectivity index (χ2n) is 4.49. The van der Waals surface area contributed by atoms with E-state index in [0.717, 1.165) is 0 Å². The van der Waals surface area contributed by atoms with Gasteiger partial charge in [0.25, 0.3) is 0 Å². The van der Waals surface area contributed by atoms with Gasteiger partial charge >= 0.3 is 12.1 Å². The maximum absolute atomic E-state index is 12.4. The van der Waals surface area contributed by atoms with Gasteiger partial charge in [0.05, 0.1) is 5.41 Å². The minimum Gasteiger partial charge on any atom is -0.480 e. The van der Waals surface area contributed by atoms with Gasteiger partial charge in [-0.05, 0) is 24.7 Å². The van der Waals surface area contributed by atoms with Crippen LogP contribution < -0.4 is 5.73 Å². The topological polar surface area (TPSA) is 63.3 Å². The summed E-state index contributed by atoms with van der Waals surface area (Å²) >= 11 is 0. The van der Waals surface area contributed by atoms with Crippen molar-refractivity contribution >= 4 is 5.97 Å². The molecule has 0 amide bonds. The molecular weight excluding hydrogens is 199 g/mol. The van der Waals surface area contributed by atoms with E-state index >= 15 is 0 Å². The highest BCUT2D eigenvalue weighted by Crippen LogP contribution is 2.79. The van der Waals surface area contributed by atoms with E-state index in [9.17, 15) is 18.0 Å². The SMILES string of the molecule is N[C@@H](C(=O)O)C12CC(C(F)(F)F)(C1)C2. The van der Waals surface area contributed by atoms with Crippen LogP contribution in [-0.4, -0.2) is 23.3 Å². The summed E-state index contributed by atoms with van der Waals surface area (Å²) < 4.78 is 37.1. The maximum Gasteiger partial charge on any atom is 0.394 e. The Morgan fingerprint density at radius 3 is 2.07 bits per heavy atom. The summed E-state index contributed by atoms with van der Waals surface area (Å²) in [5.74, 6) is -1.21. The first-order chi connectivity index (χ1) is 6.23. The average Bonchev–Trinajstić information content (AvgIpc) is 1.76. The van der Waals surface area contributed by atoms with Crippen molar-refractivity contribution in [3.8, 4) is 0 Å². The number of alkyl halides is 3. The van der Waals surface area contributed by atoms with Gasteiger partial charge in [-0.3, -0.25) is 4.79 Å². The zero-order valence-corrected chi connectivity index (χ0v) is 7.27. The Kier molecular flexibility index (Phi) is 1.56. The monoisotopic (exact) mass is 209 g/mol. The number of aliphatic carboxylic acids is 1. The predicted octanol–water partition coefficient (Wildman–Crippen LogP) is 1.13. The molecule has 3 N–H and O–H groups in total. The number of rotatable bonds is 2. The molecule has 0 aromatic rings. The molecule has 3 fully saturated rings. The first-order valence-electron chi connectivity index (χ1n) is 4.28. The average molecular weight is 209 g/mol. The molecule has 0 unspecified atom stereocenters. The van der Waals surface area contributed by atoms with E-state index in [2.05, 4.69) is 0 Å². The van der Waals surface area contributed by atoms with Crippen molar-refractivity contribution in [3.05, 3.63) is 0 Å². The highest BCUT2D eigenvalue weighted by atomic mass is 19.4. The zero-order valence-electron chi connectivity index (χ0n) is 7.27. The van der Waals surface area contributed by atoms with Crippen molar-refractivity contribution < 1.29 is 23.1 Å². The van der Waals surface area contributed by atoms with Gasteiger partial charge in [-0.1, -0.05) is 0 Å². The van der Waals surface area contributed by atoms with Crippen molar-refractivity contribution in [2.24, 2.45) is 16.6 Å². The molecule has 3 saturated carbocycles. The largest absolute Gasteiger partial charge is 0.480 e. The molecule has 3 aliphatic rings. The number of hydrogen-bond acceptors (Lipinski definition) is 2. The molecule has 0 aromatic carbocycles. The van der Waals surface area contributed by atoms with E-state index < -0.39 is 29.0 Å². The number of nitrogens with two attached hydrogens (primary N) is 1. The summed E-state index contributed by atoms with van der Waals surface area (Å²) in [5, 5.41) is 8.59. The molecule has 0 aromatic heterocycles. The fourth-order valence-electron chi connectivity index (χ4n) is 2.76. The third-order valence-electron chi connectivity index (χ3n) is 3.60. The molecule has 14 heavy (non-hydrogen) atoms. The smallest absolute Gasteiger partial charge is 0.394 e. The fourth-order valence-corrected chi connectivity index (χ4v) is 2.76. The number of halogens is 3. The van der Waals surface area contributed by atoms with Gasteiger partial charge in [-0.15, -0.1) is 0 Å². The van der Waals surface area contributed by atoms with Crippen LogP contribution in [-0.2, 0) is 4.79 Å². The van der Waals surface area contributed by atoms with Crippen LogP contribution in [0.25, 0.3) is 0 Å². The molecule has 0 spiro atoms. The van der Waals surface area contributed by atoms with Gasteiger partial charge < -0.3 is 10.8 Å². The Labute approximate surface area is 78.1 Å². The fraction of sp³-hybridized carbons (Fsp3) is 0.875. The summed E-state index contributed by atoms with van der Waals surface area (Å²) in [6.45, 7) is 0. The molecule has 0 saturated heterocycles. The summed E-state index contributed by atoms with van der Waals surface area (Å²) in [6, 6.07) is -1.15. The lowest BCUT2D eigenvalue weighted by atomic mass is 9.33. The molecule has 3 rings (SSSR count). The number of carbonyl (C=O) groups is 1. The third kappa shape index (κ3) is 0.893. The van der Waals surface area contributed by atoms with Crippen LogP contribution in [0.5, 0.6) is 0 Å². The first kappa shape index (κ1) is 9.76. The Morgan fingerprint density at radius 2 is 1.79 bits per heavy atom. The minimum atomic E-state index is -4.20. The summed E-state index contributed by atoms with van der Waals surface area (Å²) in [7, 11) is 0. The molecule has 3 nitrogen and oxygen atoms in total. The van der Waals surface area contributed by atoms with Gasteiger partial charge in [0.15, 0.2) is 0 Å². The molecule has 0 aliphatic heterocycles. The Hall–Kier alpha value is -0.780. The number of carboxylic acid groups (broad SMARTS) is 1. The van der Waals surface area contributed by atoms with Crippen LogP contribution in [0, 0.1) is 10.8 Å². The lowest BCUT2D eigenvalue weighted by Crippen LogP contribution is -2.74. The molecule has 80 valence electrons. The molecular formula is C8H10F3NO2. The van der Waals surface area contributed by atoms with E-state index in [-0.39, 0.29) is 19.3 Å². The van der Waals surface area contributed by atoms with Crippen molar-refractivity contribution in [3.63, 3.8) is 0 Å². The molecule has 1 atom stereocenters. The normalized spacial score (nSPS) is 42.3. The van der Waals surface area contributed by atoms with Crippen LogP contribution in [0.15, 0.2) is 0 Å².